The zero-order valence-corrected chi connectivity index (χ0v) is 10.7. The number of amides is 1. The fraction of sp³-hybridized carbons (Fsp3) is 0.300. The monoisotopic (exact) mass is 359 g/mol. The molecule has 0 saturated carbocycles. The molecule has 0 bridgehead atoms. The second-order valence-electron chi connectivity index (χ2n) is 3.28. The fourth-order valence-corrected chi connectivity index (χ4v) is 1.59. The van der Waals surface area contributed by atoms with Gasteiger partial charge in [0.25, 0.3) is 5.91 Å². The summed E-state index contributed by atoms with van der Waals surface area (Å²) in [5.74, 6) is -0.972. The number of hydrogen-bond acceptors (Lipinski definition) is 2. The lowest BCUT2D eigenvalue weighted by Crippen LogP contribution is -2.28. The van der Waals surface area contributed by atoms with Crippen LogP contribution >= 0.6 is 22.6 Å². The van der Waals surface area contributed by atoms with E-state index < -0.39 is 25.0 Å². The van der Waals surface area contributed by atoms with Crippen LogP contribution in [-0.4, -0.2) is 23.7 Å². The minimum atomic E-state index is -4.31. The Morgan fingerprint density at radius 2 is 2.06 bits per heavy atom. The molecule has 7 heteroatoms. The quantitative estimate of drug-likeness (QED) is 0.816. The summed E-state index contributed by atoms with van der Waals surface area (Å²) in [7, 11) is 0. The van der Waals surface area contributed by atoms with E-state index in [0.29, 0.717) is 3.57 Å². The van der Waals surface area contributed by atoms with Crippen molar-refractivity contribution in [3.8, 4) is 5.75 Å². The Labute approximate surface area is 109 Å². The summed E-state index contributed by atoms with van der Waals surface area (Å²) in [5, 5.41) is 11.5. The third kappa shape index (κ3) is 4.80. The first kappa shape index (κ1) is 14.1. The highest BCUT2D eigenvalue weighted by Gasteiger charge is 2.26. The van der Waals surface area contributed by atoms with Crippen LogP contribution in [0, 0.1) is 3.57 Å². The zero-order valence-electron chi connectivity index (χ0n) is 8.51. The van der Waals surface area contributed by atoms with Crippen LogP contribution in [0.3, 0.4) is 0 Å². The van der Waals surface area contributed by atoms with Crippen molar-refractivity contribution in [3.05, 3.63) is 27.3 Å². The lowest BCUT2D eigenvalue weighted by atomic mass is 10.2. The van der Waals surface area contributed by atoms with E-state index in [1.165, 1.54) is 12.1 Å². The van der Waals surface area contributed by atoms with Gasteiger partial charge in [0.15, 0.2) is 0 Å². The van der Waals surface area contributed by atoms with E-state index in [1.54, 1.807) is 6.07 Å². The van der Waals surface area contributed by atoms with E-state index in [9.17, 15) is 23.1 Å². The Hall–Kier alpha value is -0.990. The zero-order chi connectivity index (χ0) is 13.1. The Bertz CT molecular complexity index is 421. The lowest BCUT2D eigenvalue weighted by molar-refractivity contribution is -0.132. The van der Waals surface area contributed by atoms with Gasteiger partial charge in [0, 0.05) is 10.1 Å². The molecule has 0 heterocycles. The van der Waals surface area contributed by atoms with Crippen LogP contribution < -0.4 is 5.32 Å². The van der Waals surface area contributed by atoms with Crippen molar-refractivity contribution in [2.75, 3.05) is 6.54 Å². The van der Waals surface area contributed by atoms with E-state index >= 15 is 0 Å². The molecule has 1 amide bonds. The highest BCUT2D eigenvalue weighted by Crippen LogP contribution is 2.20. The average Bonchev–Trinajstić information content (AvgIpc) is 2.19. The van der Waals surface area contributed by atoms with E-state index in [0.717, 1.165) is 0 Å². The van der Waals surface area contributed by atoms with Crippen LogP contribution in [0.4, 0.5) is 13.2 Å². The molecule has 0 atom stereocenters. The van der Waals surface area contributed by atoms with Crippen molar-refractivity contribution < 1.29 is 23.1 Å². The first-order valence-corrected chi connectivity index (χ1v) is 5.71. The van der Waals surface area contributed by atoms with Gasteiger partial charge in [-0.05, 0) is 40.8 Å². The molecule has 0 spiro atoms. The molecule has 1 rings (SSSR count). The molecular weight excluding hydrogens is 350 g/mol. The molecule has 1 aromatic rings. The van der Waals surface area contributed by atoms with Gasteiger partial charge in [-0.15, -0.1) is 0 Å². The molecule has 3 nitrogen and oxygen atoms in total. The predicted octanol–water partition coefficient (Wildman–Crippen LogP) is 2.68. The molecule has 94 valence electrons. The first-order valence-electron chi connectivity index (χ1n) is 4.63. The highest BCUT2D eigenvalue weighted by atomic mass is 127. The largest absolute Gasteiger partial charge is 0.507 e. The van der Waals surface area contributed by atoms with Gasteiger partial charge in [-0.1, -0.05) is 0 Å². The minimum absolute atomic E-state index is 0.0286. The molecule has 0 aliphatic rings. The predicted molar refractivity (Wildman–Crippen MR) is 63.8 cm³/mol. The maximum atomic E-state index is 11.9. The Morgan fingerprint density at radius 1 is 1.41 bits per heavy atom. The van der Waals surface area contributed by atoms with Gasteiger partial charge >= 0.3 is 6.18 Å². The van der Waals surface area contributed by atoms with Gasteiger partial charge in [0.2, 0.25) is 0 Å². The van der Waals surface area contributed by atoms with Crippen molar-refractivity contribution >= 4 is 28.5 Å². The number of rotatable bonds is 3. The third-order valence-corrected chi connectivity index (χ3v) is 2.57. The van der Waals surface area contributed by atoms with E-state index in [4.69, 9.17) is 0 Å². The van der Waals surface area contributed by atoms with Crippen LogP contribution in [0.1, 0.15) is 16.8 Å². The second kappa shape index (κ2) is 5.56. The Kier molecular flexibility index (Phi) is 4.61. The Balaban J connectivity index is 2.61. The van der Waals surface area contributed by atoms with Gasteiger partial charge < -0.3 is 10.4 Å². The maximum Gasteiger partial charge on any atom is 0.390 e. The molecule has 0 radical (unpaired) electrons. The number of phenolic OH excluding ortho intramolecular Hbond substituents is 1. The smallest absolute Gasteiger partial charge is 0.390 e. The topological polar surface area (TPSA) is 49.3 Å². The molecule has 0 aliphatic heterocycles. The van der Waals surface area contributed by atoms with E-state index in [2.05, 4.69) is 5.32 Å². The molecule has 1 aromatic carbocycles. The molecule has 0 saturated heterocycles. The van der Waals surface area contributed by atoms with Crippen molar-refractivity contribution in [2.45, 2.75) is 12.6 Å². The molecule has 0 aromatic heterocycles. The number of carbonyl (C=O) groups excluding carboxylic acids is 1. The van der Waals surface area contributed by atoms with Gasteiger partial charge in [-0.2, -0.15) is 13.2 Å². The first-order chi connectivity index (χ1) is 7.79. The second-order valence-corrected chi connectivity index (χ2v) is 4.53. The van der Waals surface area contributed by atoms with Crippen molar-refractivity contribution in [3.63, 3.8) is 0 Å². The molecule has 2 N–H and O–H groups in total. The van der Waals surface area contributed by atoms with E-state index in [-0.39, 0.29) is 11.3 Å². The number of alkyl halides is 3. The number of benzene rings is 1. The van der Waals surface area contributed by atoms with E-state index in [1.807, 2.05) is 22.6 Å². The summed E-state index contributed by atoms with van der Waals surface area (Å²) in [6.07, 6.45) is -5.40. The molecule has 0 unspecified atom stereocenters. The van der Waals surface area contributed by atoms with Crippen molar-refractivity contribution in [2.24, 2.45) is 0 Å². The number of carbonyl (C=O) groups is 1. The molecule has 0 fully saturated rings. The van der Waals surface area contributed by atoms with Crippen LogP contribution in [0.2, 0.25) is 0 Å². The summed E-state index contributed by atoms with van der Waals surface area (Å²) < 4.78 is 36.3. The van der Waals surface area contributed by atoms with Gasteiger partial charge in [-0.3, -0.25) is 4.79 Å². The molecule has 0 aliphatic carbocycles. The summed E-state index contributed by atoms with van der Waals surface area (Å²) in [5.41, 5.74) is -0.0286. The SMILES string of the molecule is O=C(NCCC(F)(F)F)c1cc(I)ccc1O. The number of halogens is 4. The number of aromatic hydroxyl groups is 1. The Morgan fingerprint density at radius 3 is 2.65 bits per heavy atom. The summed E-state index contributed by atoms with van der Waals surface area (Å²) in [4.78, 5) is 11.5. The lowest BCUT2D eigenvalue weighted by Gasteiger charge is -2.09. The summed E-state index contributed by atoms with van der Waals surface area (Å²) in [6, 6.07) is 4.31. The number of nitrogens with one attached hydrogen (secondary N) is 1. The van der Waals surface area contributed by atoms with Crippen LogP contribution in [0.15, 0.2) is 18.2 Å². The summed E-state index contributed by atoms with van der Waals surface area (Å²) >= 11 is 1.93. The standard InChI is InChI=1S/C10H9F3INO2/c11-10(12,13)3-4-15-9(17)7-5-6(14)1-2-8(7)16/h1-2,5,16H,3-4H2,(H,15,17). The third-order valence-electron chi connectivity index (χ3n) is 1.90. The average molecular weight is 359 g/mol. The normalized spacial score (nSPS) is 11.3. The van der Waals surface area contributed by atoms with Gasteiger partial charge in [-0.25, -0.2) is 0 Å². The van der Waals surface area contributed by atoms with Crippen LogP contribution in [0.25, 0.3) is 0 Å². The van der Waals surface area contributed by atoms with Crippen molar-refractivity contribution in [1.29, 1.82) is 0 Å². The highest BCUT2D eigenvalue weighted by molar-refractivity contribution is 14.1. The molecular formula is C10H9F3INO2. The van der Waals surface area contributed by atoms with Gasteiger partial charge in [0.05, 0.1) is 12.0 Å². The summed E-state index contributed by atoms with van der Waals surface area (Å²) in [6.45, 7) is -0.507. The van der Waals surface area contributed by atoms with Crippen LogP contribution in [-0.2, 0) is 0 Å². The van der Waals surface area contributed by atoms with Crippen LogP contribution in [0.5, 0.6) is 5.75 Å². The van der Waals surface area contributed by atoms with Gasteiger partial charge in [0.1, 0.15) is 5.75 Å². The number of hydrogen-bond donors (Lipinski definition) is 2. The van der Waals surface area contributed by atoms with Crippen molar-refractivity contribution in [1.82, 2.24) is 5.32 Å². The maximum absolute atomic E-state index is 11.9. The fourth-order valence-electron chi connectivity index (χ4n) is 1.10. The molecule has 17 heavy (non-hydrogen) atoms. The number of phenols is 1. The minimum Gasteiger partial charge on any atom is -0.507 e.